The summed E-state index contributed by atoms with van der Waals surface area (Å²) in [5, 5.41) is 3.45. The Labute approximate surface area is 208 Å². The van der Waals surface area contributed by atoms with Crippen LogP contribution in [0, 0.1) is 0 Å². The molecule has 0 aromatic carbocycles. The monoisotopic (exact) mass is 557 g/mol. The summed E-state index contributed by atoms with van der Waals surface area (Å²) in [6, 6.07) is 4.25. The van der Waals surface area contributed by atoms with Crippen molar-refractivity contribution in [1.29, 1.82) is 0 Å². The van der Waals surface area contributed by atoms with Gasteiger partial charge in [0.2, 0.25) is 0 Å². The van der Waals surface area contributed by atoms with Crippen LogP contribution >= 0.6 is 24.0 Å². The van der Waals surface area contributed by atoms with Crippen LogP contribution in [0.5, 0.6) is 0 Å². The average Bonchev–Trinajstić information content (AvgIpc) is 3.35. The van der Waals surface area contributed by atoms with Gasteiger partial charge in [-0.3, -0.25) is 9.79 Å². The van der Waals surface area contributed by atoms with Gasteiger partial charge in [0.1, 0.15) is 11.9 Å². The molecule has 0 spiro atoms. The molecule has 0 radical (unpaired) electrons. The van der Waals surface area contributed by atoms with E-state index in [1.54, 1.807) is 7.05 Å². The topological polar surface area (TPSA) is 76.5 Å². The third-order valence-electron chi connectivity index (χ3n) is 6.39. The average molecular weight is 557 g/mol. The second kappa shape index (κ2) is 12.0. The molecule has 3 fully saturated rings. The fourth-order valence-corrected chi connectivity index (χ4v) is 4.37. The minimum absolute atomic E-state index is 0. The third-order valence-corrected chi connectivity index (χ3v) is 6.39. The lowest BCUT2D eigenvalue weighted by molar-refractivity contribution is -0.142. The molecule has 4 heterocycles. The number of piperazine rings is 2. The Morgan fingerprint density at radius 2 is 1.84 bits per heavy atom. The van der Waals surface area contributed by atoms with Crippen LogP contribution in [0.4, 0.5) is 5.82 Å². The van der Waals surface area contributed by atoms with E-state index in [4.69, 9.17) is 4.74 Å². The largest absolute Gasteiger partial charge is 0.368 e. The number of pyridine rings is 1. The molecule has 0 aliphatic carbocycles. The zero-order valence-electron chi connectivity index (χ0n) is 19.2. The van der Waals surface area contributed by atoms with Crippen molar-refractivity contribution < 1.29 is 9.53 Å². The maximum atomic E-state index is 12.5. The first kappa shape index (κ1) is 25.0. The van der Waals surface area contributed by atoms with Gasteiger partial charge in [-0.05, 0) is 31.5 Å². The van der Waals surface area contributed by atoms with Crippen LogP contribution in [0.15, 0.2) is 23.3 Å². The molecule has 9 nitrogen and oxygen atoms in total. The number of amides is 1. The summed E-state index contributed by atoms with van der Waals surface area (Å²) >= 11 is 0. The molecule has 3 aliphatic rings. The van der Waals surface area contributed by atoms with Gasteiger partial charge in [-0.25, -0.2) is 4.98 Å². The number of nitrogens with one attached hydrogen (secondary N) is 1. The summed E-state index contributed by atoms with van der Waals surface area (Å²) in [5.41, 5.74) is 1.13. The summed E-state index contributed by atoms with van der Waals surface area (Å²) in [7, 11) is 3.97. The van der Waals surface area contributed by atoms with Gasteiger partial charge < -0.3 is 29.7 Å². The van der Waals surface area contributed by atoms with Crippen LogP contribution in [-0.2, 0) is 16.1 Å². The number of nitrogens with zero attached hydrogens (tertiary/aromatic N) is 6. The Kier molecular flexibility index (Phi) is 9.35. The number of carbonyl (C=O) groups is 1. The number of hydrogen-bond donors (Lipinski definition) is 1. The van der Waals surface area contributed by atoms with E-state index >= 15 is 0 Å². The van der Waals surface area contributed by atoms with Gasteiger partial charge in [-0.1, -0.05) is 6.07 Å². The third kappa shape index (κ3) is 6.22. The zero-order valence-corrected chi connectivity index (χ0v) is 21.5. The van der Waals surface area contributed by atoms with Gasteiger partial charge in [0.15, 0.2) is 5.96 Å². The number of aliphatic imine (C=N–C) groups is 1. The summed E-state index contributed by atoms with van der Waals surface area (Å²) in [4.78, 5) is 30.5. The standard InChI is InChI=1S/C22H35N7O2.HI/c1-23-22(29-13-11-28(12-14-29)21(30)19-4-3-15-31-19)25-17-18-5-6-20(24-16-18)27-9-7-26(2)8-10-27;/h5-6,16,19H,3-4,7-15,17H2,1-2H3,(H,23,25);1H. The number of ether oxygens (including phenoxy) is 1. The normalized spacial score (nSPS) is 22.6. The maximum Gasteiger partial charge on any atom is 0.251 e. The Morgan fingerprint density at radius 1 is 1.12 bits per heavy atom. The van der Waals surface area contributed by atoms with Crippen molar-refractivity contribution in [3.8, 4) is 0 Å². The quantitative estimate of drug-likeness (QED) is 0.334. The molecule has 1 aromatic rings. The second-order valence-corrected chi connectivity index (χ2v) is 8.53. The highest BCUT2D eigenvalue weighted by Gasteiger charge is 2.30. The van der Waals surface area contributed by atoms with Gasteiger partial charge in [-0.2, -0.15) is 0 Å². The first-order valence-electron chi connectivity index (χ1n) is 11.4. The zero-order chi connectivity index (χ0) is 21.6. The predicted octanol–water partition coefficient (Wildman–Crippen LogP) is 0.850. The van der Waals surface area contributed by atoms with Crippen LogP contribution in [0.2, 0.25) is 0 Å². The van der Waals surface area contributed by atoms with E-state index in [2.05, 4.69) is 49.2 Å². The molecule has 0 saturated carbocycles. The molecule has 4 rings (SSSR count). The van der Waals surface area contributed by atoms with Crippen LogP contribution < -0.4 is 10.2 Å². The van der Waals surface area contributed by atoms with Crippen LogP contribution in [0.3, 0.4) is 0 Å². The predicted molar refractivity (Wildman–Crippen MR) is 137 cm³/mol. The molecule has 1 amide bonds. The molecule has 10 heteroatoms. The molecule has 3 saturated heterocycles. The summed E-state index contributed by atoms with van der Waals surface area (Å²) < 4.78 is 5.55. The summed E-state index contributed by atoms with van der Waals surface area (Å²) in [6.07, 6.45) is 3.55. The first-order valence-corrected chi connectivity index (χ1v) is 11.4. The van der Waals surface area contributed by atoms with E-state index in [0.717, 1.165) is 69.5 Å². The molecule has 3 aliphatic heterocycles. The molecule has 1 aromatic heterocycles. The summed E-state index contributed by atoms with van der Waals surface area (Å²) in [5.74, 6) is 2.06. The highest BCUT2D eigenvalue weighted by molar-refractivity contribution is 14.0. The number of rotatable bonds is 4. The highest BCUT2D eigenvalue weighted by atomic mass is 127. The fourth-order valence-electron chi connectivity index (χ4n) is 4.37. The molecule has 1 N–H and O–H groups in total. The number of carbonyl (C=O) groups excluding carboxylic acids is 1. The van der Waals surface area contributed by atoms with E-state index < -0.39 is 0 Å². The number of anilines is 1. The lowest BCUT2D eigenvalue weighted by Crippen LogP contribution is -2.55. The van der Waals surface area contributed by atoms with E-state index in [1.807, 2.05) is 11.1 Å². The molecule has 1 atom stereocenters. The number of guanidine groups is 1. The van der Waals surface area contributed by atoms with E-state index in [9.17, 15) is 4.79 Å². The van der Waals surface area contributed by atoms with E-state index in [0.29, 0.717) is 26.2 Å². The van der Waals surface area contributed by atoms with Crippen LogP contribution in [0.1, 0.15) is 18.4 Å². The van der Waals surface area contributed by atoms with Crippen molar-refractivity contribution in [2.45, 2.75) is 25.5 Å². The molecule has 1 unspecified atom stereocenters. The van der Waals surface area contributed by atoms with Gasteiger partial charge in [0.05, 0.1) is 0 Å². The van der Waals surface area contributed by atoms with Gasteiger partial charge in [0.25, 0.3) is 5.91 Å². The van der Waals surface area contributed by atoms with Crippen molar-refractivity contribution in [3.05, 3.63) is 23.9 Å². The van der Waals surface area contributed by atoms with Crippen molar-refractivity contribution in [3.63, 3.8) is 0 Å². The Balaban J connectivity index is 0.00000289. The molecule has 0 bridgehead atoms. The molecule has 32 heavy (non-hydrogen) atoms. The minimum atomic E-state index is -0.231. The van der Waals surface area contributed by atoms with Gasteiger partial charge in [-0.15, -0.1) is 24.0 Å². The lowest BCUT2D eigenvalue weighted by Gasteiger charge is -2.37. The number of likely N-dealkylation sites (N-methyl/N-ethyl adjacent to an activating group) is 1. The number of hydrogen-bond acceptors (Lipinski definition) is 6. The van der Waals surface area contributed by atoms with Crippen molar-refractivity contribution in [2.75, 3.05) is 78.0 Å². The Hall–Kier alpha value is -1.66. The Bertz CT molecular complexity index is 754. The first-order chi connectivity index (χ1) is 15.1. The Morgan fingerprint density at radius 3 is 2.44 bits per heavy atom. The summed E-state index contributed by atoms with van der Waals surface area (Å²) in [6.45, 7) is 8.56. The van der Waals surface area contributed by atoms with Gasteiger partial charge in [0, 0.05) is 78.8 Å². The van der Waals surface area contributed by atoms with E-state index in [-0.39, 0.29) is 36.0 Å². The minimum Gasteiger partial charge on any atom is -0.368 e. The van der Waals surface area contributed by atoms with Crippen molar-refractivity contribution in [2.24, 2.45) is 4.99 Å². The number of aromatic nitrogens is 1. The van der Waals surface area contributed by atoms with Gasteiger partial charge >= 0.3 is 0 Å². The lowest BCUT2D eigenvalue weighted by atomic mass is 10.2. The molecule has 178 valence electrons. The second-order valence-electron chi connectivity index (χ2n) is 8.53. The molecular weight excluding hydrogens is 521 g/mol. The van der Waals surface area contributed by atoms with Crippen LogP contribution in [-0.4, -0.2) is 111 Å². The fraction of sp³-hybridized carbons (Fsp3) is 0.682. The smallest absolute Gasteiger partial charge is 0.251 e. The number of halogens is 1. The van der Waals surface area contributed by atoms with Crippen LogP contribution in [0.25, 0.3) is 0 Å². The molecular formula is C22H36IN7O2. The SMILES string of the molecule is CN=C(NCc1ccc(N2CCN(C)CC2)nc1)N1CCN(C(=O)C2CCCO2)CC1.I. The maximum absolute atomic E-state index is 12.5. The highest BCUT2D eigenvalue weighted by Crippen LogP contribution is 2.16. The van der Waals surface area contributed by atoms with Crippen molar-refractivity contribution >= 4 is 41.7 Å². The van der Waals surface area contributed by atoms with Crippen molar-refractivity contribution in [1.82, 2.24) is 25.0 Å². The van der Waals surface area contributed by atoms with E-state index in [1.165, 1.54) is 0 Å².